The maximum absolute atomic E-state index is 4.05. The van der Waals surface area contributed by atoms with Crippen LogP contribution in [-0.4, -0.2) is 48.2 Å². The number of hydrogen-bond donors (Lipinski definition) is 0. The summed E-state index contributed by atoms with van der Waals surface area (Å²) in [5.41, 5.74) is 5.63. The molecule has 0 spiro atoms. The number of aromatic amines is 4. The van der Waals surface area contributed by atoms with Gasteiger partial charge in [0.25, 0.3) is 0 Å². The Morgan fingerprint density at radius 2 is 0.875 bits per heavy atom. The number of nitrogens with one attached hydrogen (secondary N) is 4. The molecule has 8 heterocycles. The number of hydrogen-bond acceptors (Lipinski definition) is 6. The van der Waals surface area contributed by atoms with Crippen molar-refractivity contribution in [2.24, 2.45) is 28.2 Å². The Labute approximate surface area is 229 Å². The van der Waals surface area contributed by atoms with E-state index in [1.54, 1.807) is 12.7 Å². The molecule has 14 heteroatoms. The molecule has 0 aromatic carbocycles. The van der Waals surface area contributed by atoms with E-state index in [2.05, 4.69) is 75.1 Å². The van der Waals surface area contributed by atoms with Gasteiger partial charge in [0.1, 0.15) is 0 Å². The van der Waals surface area contributed by atoms with E-state index in [-0.39, 0.29) is 0 Å². The van der Waals surface area contributed by atoms with E-state index in [0.717, 1.165) is 45.8 Å². The first-order valence-electron chi connectivity index (χ1n) is 12.0. The molecular weight excluding hydrogens is 508 g/mol. The molecule has 0 aliphatic carbocycles. The lowest BCUT2D eigenvalue weighted by atomic mass is 10.3. The normalized spacial score (nSPS) is 10.5. The van der Waals surface area contributed by atoms with Crippen LogP contribution in [0.3, 0.4) is 0 Å². The lowest BCUT2D eigenvalue weighted by Crippen LogP contribution is -2.04. The van der Waals surface area contributed by atoms with Crippen molar-refractivity contribution >= 4 is 0 Å². The zero-order chi connectivity index (χ0) is 27.9. The highest BCUT2D eigenvalue weighted by Crippen LogP contribution is 2.11. The van der Waals surface area contributed by atoms with Crippen molar-refractivity contribution in [1.29, 1.82) is 0 Å². The zero-order valence-electron chi connectivity index (χ0n) is 22.2. The van der Waals surface area contributed by atoms with E-state index >= 15 is 0 Å². The lowest BCUT2D eigenvalue weighted by molar-refractivity contribution is -0.371. The van der Waals surface area contributed by atoms with Gasteiger partial charge in [0.05, 0.1) is 22.8 Å². The van der Waals surface area contributed by atoms with Crippen molar-refractivity contribution in [1.82, 2.24) is 48.2 Å². The van der Waals surface area contributed by atoms with Crippen LogP contribution in [0.1, 0.15) is 0 Å². The molecule has 0 aromatic heterocycles. The van der Waals surface area contributed by atoms with Crippen molar-refractivity contribution in [2.45, 2.75) is 0 Å². The molecule has 0 atom stereocenters. The molecule has 14 nitrogen and oxygen atoms in total. The van der Waals surface area contributed by atoms with Gasteiger partial charge in [-0.1, -0.05) is 12.1 Å². The minimum Gasteiger partial charge on any atom is -0.367 e. The monoisotopic (exact) mass is 534 g/mol. The molecular formula is C26H26N14. The molecule has 0 bridgehead atoms. The third-order valence-corrected chi connectivity index (χ3v) is 5.47. The average Bonchev–Trinajstić information content (AvgIpc) is 3.75. The molecule has 0 aromatic rings. The molecule has 8 aliphatic heterocycles. The Morgan fingerprint density at radius 1 is 0.500 bits per heavy atom. The summed E-state index contributed by atoms with van der Waals surface area (Å²) in [7, 11) is 7.74. The SMILES string of the molecule is Cn1ccc2[nH+][c-]nc-2c1.Cn1ccc2[nH+][c-]nc-2c1.Cn1cnc2[nH+][c-]nc-2c1.Cn1cnc2[nH+][c-]nc-2c1. The highest BCUT2D eigenvalue weighted by atomic mass is 15.1. The summed E-state index contributed by atoms with van der Waals surface area (Å²) in [5.74, 6) is 1.55. The van der Waals surface area contributed by atoms with Gasteiger partial charge in [-0.25, -0.2) is 9.97 Å². The van der Waals surface area contributed by atoms with Crippen LogP contribution in [0.4, 0.5) is 0 Å². The molecule has 200 valence electrons. The molecule has 0 saturated carbocycles. The smallest absolute Gasteiger partial charge is 0.245 e. The largest absolute Gasteiger partial charge is 0.367 e. The topological polar surface area (TPSA) is 154 Å². The Hall–Kier alpha value is -5.66. The summed E-state index contributed by atoms with van der Waals surface area (Å²) in [6.45, 7) is 0. The van der Waals surface area contributed by atoms with Gasteiger partial charge in [0, 0.05) is 39.6 Å². The van der Waals surface area contributed by atoms with Crippen LogP contribution in [0.5, 0.6) is 0 Å². The minimum atomic E-state index is 0.776. The standard InChI is InChI=1S/2C7H7N3.2C6H6N4/c2*1-10-3-2-6-7(4-10)9-5-8-6;2*1-10-2-5-6(9-4-10)8-3-7-5/h2*2-4,8H,1H3;2*2,4,8H,1H3. The summed E-state index contributed by atoms with van der Waals surface area (Å²) in [6.07, 6.45) is 25.6. The van der Waals surface area contributed by atoms with Gasteiger partial charge in [-0.15, -0.1) is 0 Å². The number of H-pyrrole nitrogens is 4. The average molecular weight is 535 g/mol. The summed E-state index contributed by atoms with van der Waals surface area (Å²) < 4.78 is 7.60. The summed E-state index contributed by atoms with van der Waals surface area (Å²) in [5, 5.41) is 0. The van der Waals surface area contributed by atoms with E-state index in [0.29, 0.717) is 0 Å². The number of pyridine rings is 2. The number of nitrogens with zero attached hydrogens (tertiary/aromatic N) is 10. The molecule has 0 amide bonds. The lowest BCUT2D eigenvalue weighted by Gasteiger charge is -2.01. The first-order valence-corrected chi connectivity index (χ1v) is 12.0. The van der Waals surface area contributed by atoms with Crippen LogP contribution in [0.2, 0.25) is 0 Å². The van der Waals surface area contributed by atoms with Gasteiger partial charge in [-0.05, 0) is 37.2 Å². The maximum Gasteiger partial charge on any atom is 0.245 e. The Kier molecular flexibility index (Phi) is 7.67. The number of imidazole rings is 4. The predicted molar refractivity (Wildman–Crippen MR) is 136 cm³/mol. The van der Waals surface area contributed by atoms with Gasteiger partial charge in [0.2, 0.25) is 12.7 Å². The first-order chi connectivity index (χ1) is 19.4. The van der Waals surface area contributed by atoms with Crippen LogP contribution in [-0.2, 0) is 28.2 Å². The highest BCUT2D eigenvalue weighted by Gasteiger charge is 2.02. The van der Waals surface area contributed by atoms with Crippen LogP contribution >= 0.6 is 0 Å². The fourth-order valence-electron chi connectivity index (χ4n) is 3.50. The Bertz CT molecular complexity index is 1510. The Morgan fingerprint density at radius 3 is 1.32 bits per heavy atom. The van der Waals surface area contributed by atoms with Crippen LogP contribution < -0.4 is 19.9 Å². The molecule has 4 N–H and O–H groups in total. The quantitative estimate of drug-likeness (QED) is 0.236. The van der Waals surface area contributed by atoms with E-state index in [9.17, 15) is 0 Å². The minimum absolute atomic E-state index is 0.776. The second kappa shape index (κ2) is 11.8. The second-order valence-corrected chi connectivity index (χ2v) is 8.76. The molecule has 0 unspecified atom stereocenters. The van der Waals surface area contributed by atoms with Crippen molar-refractivity contribution < 1.29 is 19.9 Å². The molecule has 0 radical (unpaired) electrons. The molecule has 8 aliphatic rings. The fourth-order valence-corrected chi connectivity index (χ4v) is 3.50. The first kappa shape index (κ1) is 26.0. The summed E-state index contributed by atoms with van der Waals surface area (Å²) in [6, 6.07) is 3.94. The molecule has 8 rings (SSSR count). The number of fused-ring (bicyclic) bond motifs is 4. The number of aromatic nitrogens is 14. The molecule has 0 fully saturated rings. The van der Waals surface area contributed by atoms with Crippen molar-refractivity contribution in [3.63, 3.8) is 0 Å². The summed E-state index contributed by atoms with van der Waals surface area (Å²) in [4.78, 5) is 35.3. The second-order valence-electron chi connectivity index (χ2n) is 8.76. The van der Waals surface area contributed by atoms with Crippen LogP contribution in [0.15, 0.2) is 62.0 Å². The zero-order valence-corrected chi connectivity index (χ0v) is 22.2. The third-order valence-electron chi connectivity index (χ3n) is 5.47. The van der Waals surface area contributed by atoms with E-state index in [1.165, 1.54) is 0 Å². The predicted octanol–water partition coefficient (Wildman–Crippen LogP) is -0.653. The highest BCUT2D eigenvalue weighted by molar-refractivity contribution is 5.49. The summed E-state index contributed by atoms with van der Waals surface area (Å²) >= 11 is 0. The van der Waals surface area contributed by atoms with E-state index < -0.39 is 0 Å². The van der Waals surface area contributed by atoms with Gasteiger partial charge in [-0.3, -0.25) is 0 Å². The fraction of sp³-hybridized carbons (Fsp3) is 0.154. The third kappa shape index (κ3) is 6.42. The maximum atomic E-state index is 4.05. The Balaban J connectivity index is 0.000000108. The number of aryl methyl sites for hydroxylation is 4. The van der Waals surface area contributed by atoms with Gasteiger partial charge in [0.15, 0.2) is 37.0 Å². The van der Waals surface area contributed by atoms with Crippen LogP contribution in [0.25, 0.3) is 45.8 Å². The van der Waals surface area contributed by atoms with Crippen LogP contribution in [0, 0.1) is 25.3 Å². The van der Waals surface area contributed by atoms with Gasteiger partial charge >= 0.3 is 0 Å². The van der Waals surface area contributed by atoms with Gasteiger partial charge < -0.3 is 38.2 Å². The number of rotatable bonds is 0. The van der Waals surface area contributed by atoms with Crippen molar-refractivity contribution in [3.05, 3.63) is 87.3 Å². The van der Waals surface area contributed by atoms with E-state index in [4.69, 9.17) is 0 Å². The van der Waals surface area contributed by atoms with Gasteiger partial charge in [-0.2, -0.15) is 19.9 Å². The van der Waals surface area contributed by atoms with E-state index in [1.807, 2.05) is 95.8 Å². The molecule has 0 saturated heterocycles. The molecule has 40 heavy (non-hydrogen) atoms. The van der Waals surface area contributed by atoms with Crippen molar-refractivity contribution in [3.8, 4) is 45.8 Å². The van der Waals surface area contributed by atoms with Crippen molar-refractivity contribution in [2.75, 3.05) is 0 Å².